The van der Waals surface area contributed by atoms with Gasteiger partial charge in [-0.15, -0.1) is 0 Å². The first-order valence-corrected chi connectivity index (χ1v) is 26.7. The Hall–Kier alpha value is -10.4. The van der Waals surface area contributed by atoms with Crippen molar-refractivity contribution in [2.75, 3.05) is 9.80 Å². The van der Waals surface area contributed by atoms with Crippen molar-refractivity contribution < 1.29 is 0 Å². The first-order valence-electron chi connectivity index (χ1n) is 26.7. The summed E-state index contributed by atoms with van der Waals surface area (Å²) in [5.41, 5.74) is 20.4. The Morgan fingerprint density at radius 3 is 0.833 bits per heavy atom. The molecule has 0 radical (unpaired) electrons. The van der Waals surface area contributed by atoms with Crippen LogP contribution in [-0.4, -0.2) is 9.13 Å². The van der Waals surface area contributed by atoms with Gasteiger partial charge in [-0.25, -0.2) is 0 Å². The molecule has 0 unspecified atom stereocenters. The quantitative estimate of drug-likeness (QED) is 0.113. The van der Waals surface area contributed by atoms with Gasteiger partial charge in [0, 0.05) is 66.8 Å². The van der Waals surface area contributed by atoms with Crippen LogP contribution >= 0.6 is 0 Å². The van der Waals surface area contributed by atoms with E-state index in [0.29, 0.717) is 0 Å². The smallest absolute Gasteiger partial charge is 0.0541 e. The Balaban J connectivity index is 0.788. The summed E-state index contributed by atoms with van der Waals surface area (Å²) in [7, 11) is 0. The molecular weight excluding hydrogens is 945 g/mol. The van der Waals surface area contributed by atoms with Crippen LogP contribution in [0.25, 0.3) is 89.4 Å². The summed E-state index contributed by atoms with van der Waals surface area (Å²) >= 11 is 0. The van der Waals surface area contributed by atoms with Gasteiger partial charge >= 0.3 is 0 Å². The fourth-order valence-corrected chi connectivity index (χ4v) is 11.5. The maximum Gasteiger partial charge on any atom is 0.0541 e. The summed E-state index contributed by atoms with van der Waals surface area (Å²) < 4.78 is 4.75. The van der Waals surface area contributed by atoms with Gasteiger partial charge in [-0.3, -0.25) is 0 Å². The molecule has 0 fully saturated rings. The minimum atomic E-state index is 1.07. The van der Waals surface area contributed by atoms with Gasteiger partial charge in [0.15, 0.2) is 0 Å². The zero-order chi connectivity index (χ0) is 51.8. The lowest BCUT2D eigenvalue weighted by Gasteiger charge is -2.28. The minimum Gasteiger partial charge on any atom is -0.310 e. The van der Waals surface area contributed by atoms with Crippen LogP contribution in [-0.2, 0) is 0 Å². The van der Waals surface area contributed by atoms with Crippen LogP contribution in [0.1, 0.15) is 11.1 Å². The average Bonchev–Trinajstić information content (AvgIpc) is 4.22. The number of aromatic nitrogens is 2. The maximum atomic E-state index is 2.38. The minimum absolute atomic E-state index is 1.07. The molecule has 0 atom stereocenters. The summed E-state index contributed by atoms with van der Waals surface area (Å²) in [6, 6.07) is 109. The van der Waals surface area contributed by atoms with Gasteiger partial charge < -0.3 is 18.9 Å². The second-order valence-electron chi connectivity index (χ2n) is 19.7. The molecule has 0 saturated carbocycles. The molecule has 0 saturated heterocycles. The number of rotatable bonds is 12. The van der Waals surface area contributed by atoms with Gasteiger partial charge in [0.25, 0.3) is 0 Å². The van der Waals surface area contributed by atoms with Crippen molar-refractivity contribution in [3.8, 4) is 33.6 Å². The van der Waals surface area contributed by atoms with Crippen LogP contribution < -0.4 is 9.80 Å². The molecule has 4 nitrogen and oxygen atoms in total. The second kappa shape index (κ2) is 20.0. The number of fused-ring (bicyclic) bond motifs is 6. The Bertz CT molecular complexity index is 4060. The topological polar surface area (TPSA) is 16.3 Å². The normalized spacial score (nSPS) is 11.5. The van der Waals surface area contributed by atoms with Crippen molar-refractivity contribution in [3.05, 3.63) is 314 Å². The number of hydrogen-bond acceptors (Lipinski definition) is 2. The fraction of sp³-hybridized carbons (Fsp3) is 0. The first-order chi connectivity index (χ1) is 38.7. The largest absolute Gasteiger partial charge is 0.310 e. The lowest BCUT2D eigenvalue weighted by Crippen LogP contribution is -2.11. The van der Waals surface area contributed by atoms with Gasteiger partial charge in [0.2, 0.25) is 0 Å². The summed E-state index contributed by atoms with van der Waals surface area (Å²) in [5, 5.41) is 5.01. The number of para-hydroxylation sites is 6. The van der Waals surface area contributed by atoms with Gasteiger partial charge in [0.05, 0.1) is 33.4 Å². The van der Waals surface area contributed by atoms with Gasteiger partial charge in [0.1, 0.15) is 0 Å². The maximum absolute atomic E-state index is 2.38. The Kier molecular flexibility index (Phi) is 11.8. The van der Waals surface area contributed by atoms with E-state index in [1.165, 1.54) is 54.7 Å². The highest BCUT2D eigenvalue weighted by molar-refractivity contribution is 6.10. The molecule has 0 aliphatic rings. The van der Waals surface area contributed by atoms with Gasteiger partial charge in [-0.2, -0.15) is 0 Å². The summed E-state index contributed by atoms with van der Waals surface area (Å²) in [6.07, 6.45) is 4.41. The van der Waals surface area contributed by atoms with E-state index in [4.69, 9.17) is 0 Å². The molecule has 14 rings (SSSR count). The van der Waals surface area contributed by atoms with Crippen molar-refractivity contribution in [2.45, 2.75) is 0 Å². The molecule has 0 N–H and O–H groups in total. The highest BCUT2D eigenvalue weighted by Gasteiger charge is 2.21. The molecule has 4 heteroatoms. The SMILES string of the molecule is C(=C\c1ccc(N(c2ccc(-n3c4ccccc4c4ccccc43)cc2)c2ccccc2-c2ccccc2)cc1)/c1ccc(N(c2ccc(-n3c4ccccc4c4ccccc43)cc2)c2ccccc2-c2ccccc2)cc1. The lowest BCUT2D eigenvalue weighted by molar-refractivity contribution is 1.17. The van der Waals surface area contributed by atoms with Crippen LogP contribution in [0, 0.1) is 0 Å². The Labute approximate surface area is 454 Å². The van der Waals surface area contributed by atoms with Crippen LogP contribution in [0.4, 0.5) is 34.1 Å². The zero-order valence-corrected chi connectivity index (χ0v) is 42.8. The summed E-state index contributed by atoms with van der Waals surface area (Å²) in [4.78, 5) is 4.76. The molecule has 78 heavy (non-hydrogen) atoms. The molecule has 0 aliphatic carbocycles. The second-order valence-corrected chi connectivity index (χ2v) is 19.7. The van der Waals surface area contributed by atoms with E-state index >= 15 is 0 Å². The van der Waals surface area contributed by atoms with Gasteiger partial charge in [-0.1, -0.05) is 206 Å². The third-order valence-electron chi connectivity index (χ3n) is 15.1. The van der Waals surface area contributed by atoms with Crippen molar-refractivity contribution >= 4 is 89.9 Å². The van der Waals surface area contributed by atoms with Crippen molar-refractivity contribution in [3.63, 3.8) is 0 Å². The molecule has 2 heterocycles. The van der Waals surface area contributed by atoms with E-state index in [1.54, 1.807) is 0 Å². The molecular formula is C74H52N4. The number of hydrogen-bond donors (Lipinski definition) is 0. The van der Waals surface area contributed by atoms with E-state index in [1.807, 2.05) is 0 Å². The Morgan fingerprint density at radius 2 is 0.500 bits per heavy atom. The van der Waals surface area contributed by atoms with Crippen LogP contribution in [0.15, 0.2) is 303 Å². The van der Waals surface area contributed by atoms with Crippen LogP contribution in [0.5, 0.6) is 0 Å². The molecule has 0 amide bonds. The van der Waals surface area contributed by atoms with Crippen molar-refractivity contribution in [1.82, 2.24) is 9.13 Å². The van der Waals surface area contributed by atoms with E-state index in [0.717, 1.165) is 67.8 Å². The van der Waals surface area contributed by atoms with Crippen molar-refractivity contribution in [1.29, 1.82) is 0 Å². The molecule has 0 bridgehead atoms. The van der Waals surface area contributed by atoms with Gasteiger partial charge in [-0.05, 0) is 131 Å². The highest BCUT2D eigenvalue weighted by Crippen LogP contribution is 2.44. The summed E-state index contributed by atoms with van der Waals surface area (Å²) in [5.74, 6) is 0. The fourth-order valence-electron chi connectivity index (χ4n) is 11.5. The van der Waals surface area contributed by atoms with E-state index < -0.39 is 0 Å². The monoisotopic (exact) mass is 996 g/mol. The van der Waals surface area contributed by atoms with Crippen molar-refractivity contribution in [2.24, 2.45) is 0 Å². The number of benzene rings is 12. The van der Waals surface area contributed by atoms with Crippen LogP contribution in [0.3, 0.4) is 0 Å². The highest BCUT2D eigenvalue weighted by atomic mass is 15.2. The van der Waals surface area contributed by atoms with Crippen LogP contribution in [0.2, 0.25) is 0 Å². The third kappa shape index (κ3) is 8.39. The predicted octanol–water partition coefficient (Wildman–Crippen LogP) is 20.3. The standard InChI is InChI=1S/C74H52N4/c1-3-19-55(20-4-1)63-23-7-13-29-69(63)75(59-45-49-61(50-46-59)77-71-31-15-9-25-65(71)66-26-10-16-32-72(66)77)57-41-37-53(38-42-57)35-36-54-39-43-58(44-40-54)76(70-30-14-8-24-64(70)56-21-5-2-6-22-56)60-47-51-62(52-48-60)78-73-33-17-11-27-67(73)68-28-12-18-34-74(68)78/h1-52H/b36-35+. The van der Waals surface area contributed by atoms with E-state index in [-0.39, 0.29) is 0 Å². The zero-order valence-electron chi connectivity index (χ0n) is 42.8. The molecule has 2 aromatic heterocycles. The predicted molar refractivity (Wildman–Crippen MR) is 331 cm³/mol. The lowest BCUT2D eigenvalue weighted by atomic mass is 10.0. The average molecular weight is 997 g/mol. The number of nitrogens with zero attached hydrogens (tertiary/aromatic N) is 4. The van der Waals surface area contributed by atoms with E-state index in [2.05, 4.69) is 334 Å². The third-order valence-corrected chi connectivity index (χ3v) is 15.1. The summed E-state index contributed by atoms with van der Waals surface area (Å²) in [6.45, 7) is 0. The first kappa shape index (κ1) is 46.1. The molecule has 0 aliphatic heterocycles. The number of anilines is 6. The molecule has 368 valence electrons. The van der Waals surface area contributed by atoms with E-state index in [9.17, 15) is 0 Å². The molecule has 12 aromatic carbocycles. The molecule has 0 spiro atoms. The molecule has 14 aromatic rings. The Morgan fingerprint density at radius 1 is 0.231 bits per heavy atom.